The summed E-state index contributed by atoms with van der Waals surface area (Å²) in [6.45, 7) is 0. The predicted octanol–water partition coefficient (Wildman–Crippen LogP) is 3.59. The summed E-state index contributed by atoms with van der Waals surface area (Å²) in [5, 5.41) is 4.01. The molecule has 0 heterocycles. The summed E-state index contributed by atoms with van der Waals surface area (Å²) in [5.74, 6) is 1.99. The molecule has 0 bridgehead atoms. The van der Waals surface area contributed by atoms with Crippen molar-refractivity contribution >= 4 is 0 Å². The van der Waals surface area contributed by atoms with Crippen LogP contribution in [-0.2, 0) is 0 Å². The second-order valence-corrected chi connectivity index (χ2v) is 7.32. The van der Waals surface area contributed by atoms with Crippen molar-refractivity contribution in [2.24, 2.45) is 17.6 Å². The van der Waals surface area contributed by atoms with Crippen LogP contribution >= 0.6 is 0 Å². The minimum atomic E-state index is 0.417. The van der Waals surface area contributed by atoms with E-state index in [1.54, 1.807) is 0 Å². The lowest BCUT2D eigenvalue weighted by Crippen LogP contribution is -2.54. The molecule has 110 valence electrons. The molecular weight excluding hydrogens is 232 g/mol. The number of rotatable bonds is 2. The highest BCUT2D eigenvalue weighted by Crippen LogP contribution is 2.40. The van der Waals surface area contributed by atoms with E-state index in [1.807, 2.05) is 0 Å². The zero-order valence-corrected chi connectivity index (χ0v) is 12.4. The van der Waals surface area contributed by atoms with Gasteiger partial charge >= 0.3 is 0 Å². The van der Waals surface area contributed by atoms with Crippen LogP contribution in [0.4, 0.5) is 0 Å². The average molecular weight is 264 g/mol. The first-order valence-corrected chi connectivity index (χ1v) is 8.86. The van der Waals surface area contributed by atoms with E-state index in [9.17, 15) is 0 Å². The van der Waals surface area contributed by atoms with Crippen molar-refractivity contribution in [2.75, 3.05) is 0 Å². The van der Waals surface area contributed by atoms with E-state index in [4.69, 9.17) is 5.73 Å². The zero-order valence-electron chi connectivity index (χ0n) is 12.4. The molecular formula is C17H32N2. The Labute approximate surface area is 118 Å². The van der Waals surface area contributed by atoms with Crippen molar-refractivity contribution < 1.29 is 0 Å². The maximum absolute atomic E-state index is 6.33. The molecule has 3 rings (SSSR count). The van der Waals surface area contributed by atoms with Crippen LogP contribution in [0, 0.1) is 11.8 Å². The minimum absolute atomic E-state index is 0.417. The first kappa shape index (κ1) is 13.9. The fourth-order valence-corrected chi connectivity index (χ4v) is 4.96. The van der Waals surface area contributed by atoms with Gasteiger partial charge in [0, 0.05) is 18.1 Å². The van der Waals surface area contributed by atoms with E-state index >= 15 is 0 Å². The highest BCUT2D eigenvalue weighted by molar-refractivity contribution is 4.93. The van der Waals surface area contributed by atoms with Crippen LogP contribution < -0.4 is 11.1 Å². The largest absolute Gasteiger partial charge is 0.326 e. The van der Waals surface area contributed by atoms with Gasteiger partial charge in [-0.15, -0.1) is 0 Å². The van der Waals surface area contributed by atoms with Gasteiger partial charge in [-0.05, 0) is 37.5 Å². The summed E-state index contributed by atoms with van der Waals surface area (Å²) in [6, 6.07) is 1.81. The van der Waals surface area contributed by atoms with E-state index < -0.39 is 0 Å². The molecule has 0 aromatic carbocycles. The van der Waals surface area contributed by atoms with Crippen molar-refractivity contribution in [1.82, 2.24) is 5.32 Å². The fourth-order valence-electron chi connectivity index (χ4n) is 4.96. The summed E-state index contributed by atoms with van der Waals surface area (Å²) < 4.78 is 0. The smallest absolute Gasteiger partial charge is 0.0221 e. The molecule has 5 atom stereocenters. The Kier molecular flexibility index (Phi) is 4.81. The molecule has 2 heteroatoms. The third kappa shape index (κ3) is 3.33. The van der Waals surface area contributed by atoms with Gasteiger partial charge in [-0.3, -0.25) is 0 Å². The minimum Gasteiger partial charge on any atom is -0.326 e. The standard InChI is InChI=1S/C17H32N2/c18-15-10-4-5-11-17(15)19-16-12-6-8-13-7-2-1-3-9-14(13)16/h13-17,19H,1-12,18H2/t13?,14?,15?,16-,17?/m0/s1. The predicted molar refractivity (Wildman–Crippen MR) is 81.1 cm³/mol. The molecule has 3 N–H and O–H groups in total. The molecule has 0 aromatic rings. The van der Waals surface area contributed by atoms with Gasteiger partial charge in [0.15, 0.2) is 0 Å². The average Bonchev–Trinajstić information content (AvgIpc) is 2.67. The molecule has 0 aromatic heterocycles. The van der Waals surface area contributed by atoms with Crippen molar-refractivity contribution in [3.63, 3.8) is 0 Å². The maximum atomic E-state index is 6.33. The Morgan fingerprint density at radius 1 is 0.632 bits per heavy atom. The first-order valence-electron chi connectivity index (χ1n) is 8.86. The summed E-state index contributed by atoms with van der Waals surface area (Å²) in [7, 11) is 0. The normalized spacial score (nSPS) is 44.4. The third-order valence-electron chi connectivity index (χ3n) is 6.07. The van der Waals surface area contributed by atoms with Crippen LogP contribution in [0.3, 0.4) is 0 Å². The van der Waals surface area contributed by atoms with Crippen LogP contribution in [0.2, 0.25) is 0 Å². The van der Waals surface area contributed by atoms with Crippen LogP contribution in [-0.4, -0.2) is 18.1 Å². The van der Waals surface area contributed by atoms with Gasteiger partial charge in [0.1, 0.15) is 0 Å². The first-order chi connectivity index (χ1) is 9.34. The van der Waals surface area contributed by atoms with Crippen molar-refractivity contribution in [3.05, 3.63) is 0 Å². The number of fused-ring (bicyclic) bond motifs is 1. The van der Waals surface area contributed by atoms with Gasteiger partial charge in [-0.2, -0.15) is 0 Å². The molecule has 3 aliphatic carbocycles. The van der Waals surface area contributed by atoms with E-state index in [2.05, 4.69) is 5.32 Å². The van der Waals surface area contributed by atoms with E-state index in [-0.39, 0.29) is 0 Å². The molecule has 0 spiro atoms. The zero-order chi connectivity index (χ0) is 13.1. The third-order valence-corrected chi connectivity index (χ3v) is 6.07. The van der Waals surface area contributed by atoms with Crippen LogP contribution in [0.15, 0.2) is 0 Å². The second kappa shape index (κ2) is 6.58. The summed E-state index contributed by atoms with van der Waals surface area (Å²) in [5.41, 5.74) is 6.33. The SMILES string of the molecule is NC1CCCCC1N[C@H]1CCCC2CCCCCC21. The number of hydrogen-bond acceptors (Lipinski definition) is 2. The van der Waals surface area contributed by atoms with Crippen molar-refractivity contribution in [2.45, 2.75) is 95.2 Å². The van der Waals surface area contributed by atoms with Crippen LogP contribution in [0.5, 0.6) is 0 Å². The molecule has 3 aliphatic rings. The quantitative estimate of drug-likeness (QED) is 0.800. The molecule has 2 nitrogen and oxygen atoms in total. The Bertz CT molecular complexity index is 278. The van der Waals surface area contributed by atoms with Gasteiger partial charge in [-0.1, -0.05) is 51.4 Å². The molecule has 3 saturated carbocycles. The number of nitrogens with one attached hydrogen (secondary N) is 1. The van der Waals surface area contributed by atoms with Gasteiger partial charge in [0.25, 0.3) is 0 Å². The molecule has 4 unspecified atom stereocenters. The van der Waals surface area contributed by atoms with Crippen molar-refractivity contribution in [1.29, 1.82) is 0 Å². The number of nitrogens with two attached hydrogens (primary N) is 1. The Hall–Kier alpha value is -0.0800. The Balaban J connectivity index is 1.61. The monoisotopic (exact) mass is 264 g/mol. The highest BCUT2D eigenvalue weighted by atomic mass is 15.0. The number of hydrogen-bond donors (Lipinski definition) is 2. The fraction of sp³-hybridized carbons (Fsp3) is 1.00. The van der Waals surface area contributed by atoms with E-state index in [0.717, 1.165) is 17.9 Å². The van der Waals surface area contributed by atoms with Crippen LogP contribution in [0.25, 0.3) is 0 Å². The molecule has 0 saturated heterocycles. The lowest BCUT2D eigenvalue weighted by molar-refractivity contribution is 0.144. The molecule has 3 fully saturated rings. The molecule has 0 aliphatic heterocycles. The second-order valence-electron chi connectivity index (χ2n) is 7.32. The van der Waals surface area contributed by atoms with Crippen molar-refractivity contribution in [3.8, 4) is 0 Å². The highest BCUT2D eigenvalue weighted by Gasteiger charge is 2.35. The molecule has 0 amide bonds. The van der Waals surface area contributed by atoms with E-state index in [1.165, 1.54) is 77.0 Å². The topological polar surface area (TPSA) is 38.0 Å². The van der Waals surface area contributed by atoms with E-state index in [0.29, 0.717) is 12.1 Å². The van der Waals surface area contributed by atoms with Gasteiger partial charge < -0.3 is 11.1 Å². The maximum Gasteiger partial charge on any atom is 0.0221 e. The molecule has 0 radical (unpaired) electrons. The van der Waals surface area contributed by atoms with Gasteiger partial charge in [-0.25, -0.2) is 0 Å². The Morgan fingerprint density at radius 3 is 2.21 bits per heavy atom. The lowest BCUT2D eigenvalue weighted by Gasteiger charge is -2.42. The van der Waals surface area contributed by atoms with Gasteiger partial charge in [0.05, 0.1) is 0 Å². The Morgan fingerprint density at radius 2 is 1.32 bits per heavy atom. The summed E-state index contributed by atoms with van der Waals surface area (Å²) in [6.07, 6.45) is 17.0. The summed E-state index contributed by atoms with van der Waals surface area (Å²) in [4.78, 5) is 0. The van der Waals surface area contributed by atoms with Gasteiger partial charge in [0.2, 0.25) is 0 Å². The summed E-state index contributed by atoms with van der Waals surface area (Å²) >= 11 is 0. The lowest BCUT2D eigenvalue weighted by atomic mass is 9.72. The van der Waals surface area contributed by atoms with Crippen LogP contribution in [0.1, 0.15) is 77.0 Å². The molecule has 19 heavy (non-hydrogen) atoms.